The summed E-state index contributed by atoms with van der Waals surface area (Å²) < 4.78 is 0. The largest absolute Gasteiger partial charge is 0.385 e. The van der Waals surface area contributed by atoms with E-state index >= 15 is 0 Å². The second-order valence-electron chi connectivity index (χ2n) is 4.33. The summed E-state index contributed by atoms with van der Waals surface area (Å²) >= 11 is 0. The Bertz CT molecular complexity index is 388. The van der Waals surface area contributed by atoms with Crippen LogP contribution in [0.1, 0.15) is 31.9 Å². The van der Waals surface area contributed by atoms with E-state index in [1.165, 1.54) is 11.1 Å². The SMILES string of the molecule is CC1=C[C@@H](C)[C@](C)(O)c2ccccc21. The molecule has 0 saturated heterocycles. The summed E-state index contributed by atoms with van der Waals surface area (Å²) in [6.45, 7) is 6.05. The van der Waals surface area contributed by atoms with Crippen LogP contribution in [0.3, 0.4) is 0 Å². The molecule has 2 rings (SSSR count). The first-order valence-electron chi connectivity index (χ1n) is 5.04. The summed E-state index contributed by atoms with van der Waals surface area (Å²) in [5, 5.41) is 10.4. The van der Waals surface area contributed by atoms with E-state index < -0.39 is 5.60 Å². The van der Waals surface area contributed by atoms with Crippen LogP contribution in [0.5, 0.6) is 0 Å². The summed E-state index contributed by atoms with van der Waals surface area (Å²) in [5.74, 6) is 0.178. The van der Waals surface area contributed by atoms with Gasteiger partial charge in [-0.25, -0.2) is 0 Å². The van der Waals surface area contributed by atoms with Gasteiger partial charge in [0.05, 0.1) is 5.60 Å². The van der Waals surface area contributed by atoms with Gasteiger partial charge in [-0.1, -0.05) is 37.3 Å². The molecule has 1 heteroatoms. The van der Waals surface area contributed by atoms with Crippen LogP contribution >= 0.6 is 0 Å². The lowest BCUT2D eigenvalue weighted by Gasteiger charge is -2.35. The molecule has 14 heavy (non-hydrogen) atoms. The van der Waals surface area contributed by atoms with E-state index in [4.69, 9.17) is 0 Å². The summed E-state index contributed by atoms with van der Waals surface area (Å²) in [6.07, 6.45) is 2.14. The van der Waals surface area contributed by atoms with E-state index in [2.05, 4.69) is 26.0 Å². The van der Waals surface area contributed by atoms with Crippen molar-refractivity contribution in [1.82, 2.24) is 0 Å². The van der Waals surface area contributed by atoms with Gasteiger partial charge in [0.2, 0.25) is 0 Å². The lowest BCUT2D eigenvalue weighted by Crippen LogP contribution is -2.32. The highest BCUT2D eigenvalue weighted by Crippen LogP contribution is 2.40. The molecule has 0 amide bonds. The number of benzene rings is 1. The van der Waals surface area contributed by atoms with Gasteiger partial charge in [-0.2, -0.15) is 0 Å². The molecule has 0 heterocycles. The van der Waals surface area contributed by atoms with Crippen molar-refractivity contribution < 1.29 is 5.11 Å². The Hall–Kier alpha value is -1.08. The van der Waals surface area contributed by atoms with Crippen molar-refractivity contribution in [1.29, 1.82) is 0 Å². The molecule has 1 N–H and O–H groups in total. The fourth-order valence-corrected chi connectivity index (χ4v) is 2.14. The summed E-state index contributed by atoms with van der Waals surface area (Å²) in [5.41, 5.74) is 2.76. The molecule has 0 aromatic heterocycles. The van der Waals surface area contributed by atoms with E-state index in [-0.39, 0.29) is 5.92 Å². The van der Waals surface area contributed by atoms with Gasteiger partial charge < -0.3 is 5.11 Å². The van der Waals surface area contributed by atoms with Crippen LogP contribution in [0.4, 0.5) is 0 Å². The maximum Gasteiger partial charge on any atom is 0.0934 e. The highest BCUT2D eigenvalue weighted by molar-refractivity contribution is 5.70. The average Bonchev–Trinajstić information content (AvgIpc) is 2.16. The number of fused-ring (bicyclic) bond motifs is 1. The minimum atomic E-state index is -0.726. The highest BCUT2D eigenvalue weighted by atomic mass is 16.3. The molecule has 74 valence electrons. The average molecular weight is 188 g/mol. The third kappa shape index (κ3) is 1.20. The Labute approximate surface area is 85.1 Å². The molecule has 0 bridgehead atoms. The van der Waals surface area contributed by atoms with E-state index in [1.54, 1.807) is 0 Å². The minimum Gasteiger partial charge on any atom is -0.385 e. The quantitative estimate of drug-likeness (QED) is 0.663. The Kier molecular flexibility index (Phi) is 2.00. The first-order chi connectivity index (χ1) is 6.53. The first kappa shape index (κ1) is 9.47. The molecule has 1 nitrogen and oxygen atoms in total. The van der Waals surface area contributed by atoms with Crippen molar-refractivity contribution in [3.8, 4) is 0 Å². The lowest BCUT2D eigenvalue weighted by atomic mass is 9.75. The number of aliphatic hydroxyl groups is 1. The maximum atomic E-state index is 10.4. The van der Waals surface area contributed by atoms with Gasteiger partial charge in [0.15, 0.2) is 0 Å². The number of hydrogen-bond donors (Lipinski definition) is 1. The zero-order valence-corrected chi connectivity index (χ0v) is 8.91. The van der Waals surface area contributed by atoms with Gasteiger partial charge in [-0.3, -0.25) is 0 Å². The van der Waals surface area contributed by atoms with Crippen LogP contribution in [-0.2, 0) is 5.60 Å². The molecule has 1 aliphatic rings. The van der Waals surface area contributed by atoms with E-state index in [0.717, 1.165) is 5.56 Å². The highest BCUT2D eigenvalue weighted by Gasteiger charge is 2.34. The summed E-state index contributed by atoms with van der Waals surface area (Å²) in [7, 11) is 0. The molecule has 0 aliphatic heterocycles. The van der Waals surface area contributed by atoms with E-state index in [0.29, 0.717) is 0 Å². The second kappa shape index (κ2) is 2.96. The molecule has 0 fully saturated rings. The van der Waals surface area contributed by atoms with Crippen LogP contribution in [0.15, 0.2) is 30.3 Å². The summed E-state index contributed by atoms with van der Waals surface area (Å²) in [4.78, 5) is 0. The van der Waals surface area contributed by atoms with Crippen molar-refractivity contribution in [2.24, 2.45) is 5.92 Å². The van der Waals surface area contributed by atoms with Crippen molar-refractivity contribution in [3.05, 3.63) is 41.5 Å². The van der Waals surface area contributed by atoms with Crippen molar-refractivity contribution in [2.45, 2.75) is 26.4 Å². The number of allylic oxidation sites excluding steroid dienone is 1. The fourth-order valence-electron chi connectivity index (χ4n) is 2.14. The smallest absolute Gasteiger partial charge is 0.0934 e. The van der Waals surface area contributed by atoms with Crippen molar-refractivity contribution >= 4 is 5.57 Å². The Morgan fingerprint density at radius 1 is 1.29 bits per heavy atom. The van der Waals surface area contributed by atoms with Gasteiger partial charge in [-0.15, -0.1) is 0 Å². The molecular formula is C13H16O. The predicted octanol–water partition coefficient (Wildman–Crippen LogP) is 2.95. The Balaban J connectivity index is 2.67. The summed E-state index contributed by atoms with van der Waals surface area (Å²) in [6, 6.07) is 8.09. The van der Waals surface area contributed by atoms with Crippen molar-refractivity contribution in [2.75, 3.05) is 0 Å². The van der Waals surface area contributed by atoms with Gasteiger partial charge in [0.25, 0.3) is 0 Å². The number of rotatable bonds is 0. The second-order valence-corrected chi connectivity index (χ2v) is 4.33. The Morgan fingerprint density at radius 2 is 1.93 bits per heavy atom. The predicted molar refractivity (Wildman–Crippen MR) is 58.8 cm³/mol. The Morgan fingerprint density at radius 3 is 2.64 bits per heavy atom. The third-order valence-electron chi connectivity index (χ3n) is 3.28. The normalized spacial score (nSPS) is 30.9. The monoisotopic (exact) mass is 188 g/mol. The van der Waals surface area contributed by atoms with Gasteiger partial charge in [0.1, 0.15) is 0 Å². The third-order valence-corrected chi connectivity index (χ3v) is 3.28. The van der Waals surface area contributed by atoms with E-state index in [1.807, 2.05) is 25.1 Å². The number of hydrogen-bond acceptors (Lipinski definition) is 1. The zero-order valence-electron chi connectivity index (χ0n) is 8.91. The maximum absolute atomic E-state index is 10.4. The topological polar surface area (TPSA) is 20.2 Å². The van der Waals surface area contributed by atoms with E-state index in [9.17, 15) is 5.11 Å². The van der Waals surface area contributed by atoms with Crippen LogP contribution in [0, 0.1) is 5.92 Å². The van der Waals surface area contributed by atoms with Crippen LogP contribution in [0.25, 0.3) is 5.57 Å². The molecule has 0 saturated carbocycles. The van der Waals surface area contributed by atoms with Gasteiger partial charge in [0, 0.05) is 5.92 Å². The molecule has 2 atom stereocenters. The fraction of sp³-hybridized carbons (Fsp3) is 0.385. The molecule has 0 spiro atoms. The van der Waals surface area contributed by atoms with Gasteiger partial charge >= 0.3 is 0 Å². The zero-order chi connectivity index (χ0) is 10.3. The van der Waals surface area contributed by atoms with Crippen LogP contribution in [-0.4, -0.2) is 5.11 Å². The molecule has 0 radical (unpaired) electrons. The minimum absolute atomic E-state index is 0.178. The lowest BCUT2D eigenvalue weighted by molar-refractivity contribution is 0.0185. The van der Waals surface area contributed by atoms with Crippen LogP contribution < -0.4 is 0 Å². The molecule has 1 aromatic rings. The van der Waals surface area contributed by atoms with Gasteiger partial charge in [-0.05, 0) is 30.5 Å². The molecule has 1 aliphatic carbocycles. The molecular weight excluding hydrogens is 172 g/mol. The molecule has 1 aromatic carbocycles. The first-order valence-corrected chi connectivity index (χ1v) is 5.04. The standard InChI is InChI=1S/C13H16O/c1-9-8-10(2)13(3,14)12-7-5-4-6-11(9)12/h4-8,10,14H,1-3H3/t10-,13+/m1/s1. The van der Waals surface area contributed by atoms with Crippen LogP contribution in [0.2, 0.25) is 0 Å². The molecule has 0 unspecified atom stereocenters. The van der Waals surface area contributed by atoms with Crippen molar-refractivity contribution in [3.63, 3.8) is 0 Å².